The number of nitrogens with two attached hydrogens (primary N) is 1. The summed E-state index contributed by atoms with van der Waals surface area (Å²) in [4.78, 5) is 8.81. The maximum Gasteiger partial charge on any atom is 0.251 e. The summed E-state index contributed by atoms with van der Waals surface area (Å²) in [6.07, 6.45) is 0. The number of aryl methyl sites for hydroxylation is 1. The highest BCUT2D eigenvalue weighted by atomic mass is 15.4. The maximum atomic E-state index is 5.67. The van der Waals surface area contributed by atoms with Gasteiger partial charge in [-0.1, -0.05) is 20.8 Å². The van der Waals surface area contributed by atoms with Crippen LogP contribution in [0.25, 0.3) is 5.78 Å². The standard InChI is InChI=1S/C10H17N5/c1-6-7(5-11)15-9(12-6)13-8(14-15)10(2,3)4/h5,11H2,1-4H3,(H,12,13,14). The first kappa shape index (κ1) is 10.2. The molecule has 0 amide bonds. The largest absolute Gasteiger partial charge is 0.325 e. The van der Waals surface area contributed by atoms with Crippen LogP contribution in [0.3, 0.4) is 0 Å². The highest BCUT2D eigenvalue weighted by Gasteiger charge is 2.20. The van der Waals surface area contributed by atoms with Crippen LogP contribution in [0.4, 0.5) is 0 Å². The summed E-state index contributed by atoms with van der Waals surface area (Å²) in [7, 11) is 0. The Hall–Kier alpha value is -1.36. The number of hydrogen-bond acceptors (Lipinski definition) is 3. The van der Waals surface area contributed by atoms with Gasteiger partial charge in [0.15, 0.2) is 0 Å². The number of nitrogens with one attached hydrogen (secondary N) is 1. The highest BCUT2D eigenvalue weighted by Crippen LogP contribution is 2.20. The van der Waals surface area contributed by atoms with E-state index in [-0.39, 0.29) is 5.41 Å². The number of nitrogens with zero attached hydrogens (tertiary/aromatic N) is 3. The number of rotatable bonds is 1. The van der Waals surface area contributed by atoms with Crippen molar-refractivity contribution >= 4 is 5.78 Å². The van der Waals surface area contributed by atoms with Crippen LogP contribution in [0.5, 0.6) is 0 Å². The molecule has 82 valence electrons. The molecule has 5 nitrogen and oxygen atoms in total. The van der Waals surface area contributed by atoms with Gasteiger partial charge in [0.05, 0.1) is 11.4 Å². The van der Waals surface area contributed by atoms with Crippen molar-refractivity contribution in [3.8, 4) is 0 Å². The summed E-state index contributed by atoms with van der Waals surface area (Å²) in [6, 6.07) is 0. The summed E-state index contributed by atoms with van der Waals surface area (Å²) in [5.74, 6) is 1.64. The zero-order valence-electron chi connectivity index (χ0n) is 9.63. The van der Waals surface area contributed by atoms with E-state index in [1.54, 1.807) is 0 Å². The minimum absolute atomic E-state index is 0.000470. The summed E-state index contributed by atoms with van der Waals surface area (Å²) in [6.45, 7) is 8.75. The van der Waals surface area contributed by atoms with E-state index < -0.39 is 0 Å². The molecule has 2 rings (SSSR count). The van der Waals surface area contributed by atoms with Crippen molar-refractivity contribution in [2.24, 2.45) is 5.73 Å². The van der Waals surface area contributed by atoms with Gasteiger partial charge in [0.2, 0.25) is 0 Å². The van der Waals surface area contributed by atoms with Crippen molar-refractivity contribution in [3.63, 3.8) is 0 Å². The molecule has 0 radical (unpaired) electrons. The third-order valence-corrected chi connectivity index (χ3v) is 2.49. The molecular weight excluding hydrogens is 190 g/mol. The molecule has 0 fully saturated rings. The van der Waals surface area contributed by atoms with Crippen LogP contribution >= 0.6 is 0 Å². The quantitative estimate of drug-likeness (QED) is 0.736. The van der Waals surface area contributed by atoms with Crippen LogP contribution in [0, 0.1) is 6.92 Å². The normalized spacial score (nSPS) is 12.6. The molecule has 0 atom stereocenters. The maximum absolute atomic E-state index is 5.67. The van der Waals surface area contributed by atoms with E-state index in [1.807, 2.05) is 11.4 Å². The SMILES string of the molecule is Cc1nc2nc(C(C)(C)C)[nH]n2c1CN. The van der Waals surface area contributed by atoms with Crippen molar-refractivity contribution in [2.75, 3.05) is 0 Å². The van der Waals surface area contributed by atoms with Crippen molar-refractivity contribution in [2.45, 2.75) is 39.7 Å². The molecule has 2 aromatic heterocycles. The van der Waals surface area contributed by atoms with Gasteiger partial charge in [-0.05, 0) is 6.92 Å². The Balaban J connectivity index is 2.63. The van der Waals surface area contributed by atoms with Crippen LogP contribution < -0.4 is 5.73 Å². The van der Waals surface area contributed by atoms with Crippen molar-refractivity contribution in [3.05, 3.63) is 17.2 Å². The third-order valence-electron chi connectivity index (χ3n) is 2.49. The van der Waals surface area contributed by atoms with E-state index >= 15 is 0 Å². The molecular formula is C10H17N5. The average Bonchev–Trinajstić information content (AvgIpc) is 2.59. The Labute approximate surface area is 88.7 Å². The van der Waals surface area contributed by atoms with Crippen LogP contribution in [0.15, 0.2) is 0 Å². The topological polar surface area (TPSA) is 72.0 Å². The van der Waals surface area contributed by atoms with Crippen LogP contribution in [0.2, 0.25) is 0 Å². The molecule has 0 aliphatic rings. The number of aromatic nitrogens is 4. The Bertz CT molecular complexity index is 486. The van der Waals surface area contributed by atoms with Crippen LogP contribution in [0.1, 0.15) is 38.0 Å². The first-order valence-corrected chi connectivity index (χ1v) is 5.08. The van der Waals surface area contributed by atoms with E-state index in [4.69, 9.17) is 5.73 Å². The van der Waals surface area contributed by atoms with Crippen LogP contribution in [-0.2, 0) is 12.0 Å². The predicted octanol–water partition coefficient (Wildman–Crippen LogP) is 1.12. The van der Waals surface area contributed by atoms with Gasteiger partial charge in [0.25, 0.3) is 5.78 Å². The van der Waals surface area contributed by atoms with Crippen molar-refractivity contribution in [1.82, 2.24) is 19.6 Å². The monoisotopic (exact) mass is 207 g/mol. The summed E-state index contributed by atoms with van der Waals surface area (Å²) in [5.41, 5.74) is 7.61. The molecule has 0 bridgehead atoms. The van der Waals surface area contributed by atoms with E-state index in [2.05, 4.69) is 35.8 Å². The number of imidazole rings is 1. The Morgan fingerprint density at radius 3 is 2.53 bits per heavy atom. The van der Waals surface area contributed by atoms with Crippen molar-refractivity contribution in [1.29, 1.82) is 0 Å². The lowest BCUT2D eigenvalue weighted by Crippen LogP contribution is -2.14. The van der Waals surface area contributed by atoms with Gasteiger partial charge in [-0.25, -0.2) is 9.50 Å². The minimum atomic E-state index is 0.000470. The molecule has 15 heavy (non-hydrogen) atoms. The lowest BCUT2D eigenvalue weighted by Gasteiger charge is -2.13. The zero-order chi connectivity index (χ0) is 11.2. The zero-order valence-corrected chi connectivity index (χ0v) is 9.63. The van der Waals surface area contributed by atoms with E-state index in [0.717, 1.165) is 17.2 Å². The number of H-pyrrole nitrogens is 1. The molecule has 0 aliphatic carbocycles. The lowest BCUT2D eigenvalue weighted by molar-refractivity contribution is 0.543. The summed E-state index contributed by atoms with van der Waals surface area (Å²) in [5, 5.41) is 3.24. The molecule has 0 aromatic carbocycles. The van der Waals surface area contributed by atoms with E-state index in [9.17, 15) is 0 Å². The molecule has 3 N–H and O–H groups in total. The van der Waals surface area contributed by atoms with Gasteiger partial charge in [0, 0.05) is 12.0 Å². The summed E-state index contributed by atoms with van der Waals surface area (Å²) >= 11 is 0. The van der Waals surface area contributed by atoms with Gasteiger partial charge in [-0.2, -0.15) is 4.98 Å². The number of hydrogen-bond donors (Lipinski definition) is 2. The predicted molar refractivity (Wildman–Crippen MR) is 58.7 cm³/mol. The number of fused-ring (bicyclic) bond motifs is 1. The molecule has 0 saturated carbocycles. The lowest BCUT2D eigenvalue weighted by atomic mass is 9.96. The minimum Gasteiger partial charge on any atom is -0.325 e. The molecule has 2 heterocycles. The first-order chi connectivity index (χ1) is 6.93. The fourth-order valence-electron chi connectivity index (χ4n) is 1.54. The highest BCUT2D eigenvalue weighted by molar-refractivity contribution is 5.35. The van der Waals surface area contributed by atoms with E-state index in [1.165, 1.54) is 0 Å². The molecule has 2 aromatic rings. The average molecular weight is 207 g/mol. The van der Waals surface area contributed by atoms with Gasteiger partial charge >= 0.3 is 0 Å². The van der Waals surface area contributed by atoms with E-state index in [0.29, 0.717) is 12.3 Å². The molecule has 0 spiro atoms. The van der Waals surface area contributed by atoms with Gasteiger partial charge in [-0.3, -0.25) is 5.10 Å². The first-order valence-electron chi connectivity index (χ1n) is 5.08. The molecule has 5 heteroatoms. The van der Waals surface area contributed by atoms with Gasteiger partial charge in [0.1, 0.15) is 5.82 Å². The van der Waals surface area contributed by atoms with Gasteiger partial charge < -0.3 is 5.73 Å². The Kier molecular flexibility index (Phi) is 2.08. The van der Waals surface area contributed by atoms with Crippen LogP contribution in [-0.4, -0.2) is 19.6 Å². The summed E-state index contributed by atoms with van der Waals surface area (Å²) < 4.78 is 1.87. The fraction of sp³-hybridized carbons (Fsp3) is 0.600. The second kappa shape index (κ2) is 3.06. The second-order valence-electron chi connectivity index (χ2n) is 4.81. The second-order valence-corrected chi connectivity index (χ2v) is 4.81. The number of aromatic amines is 1. The Morgan fingerprint density at radius 1 is 1.33 bits per heavy atom. The smallest absolute Gasteiger partial charge is 0.251 e. The molecule has 0 aliphatic heterocycles. The molecule has 0 saturated heterocycles. The van der Waals surface area contributed by atoms with Gasteiger partial charge in [-0.15, -0.1) is 0 Å². The Morgan fingerprint density at radius 2 is 2.00 bits per heavy atom. The van der Waals surface area contributed by atoms with Crippen molar-refractivity contribution < 1.29 is 0 Å². The molecule has 0 unspecified atom stereocenters. The fourth-order valence-corrected chi connectivity index (χ4v) is 1.54. The third kappa shape index (κ3) is 1.52.